The third-order valence-corrected chi connectivity index (χ3v) is 10.7. The summed E-state index contributed by atoms with van der Waals surface area (Å²) < 4.78 is 0. The third kappa shape index (κ3) is 22.0. The molecule has 0 aliphatic rings. The van der Waals surface area contributed by atoms with Crippen molar-refractivity contribution in [3.8, 4) is 0 Å². The van der Waals surface area contributed by atoms with Crippen LogP contribution in [0.15, 0.2) is 78.2 Å². The smallest absolute Gasteiger partial charge is 0.243 e. The number of carbonyl (C=O) groups excluding carboxylic acids is 8. The molecule has 23 heteroatoms. The molecular formula is C46H69N15O8. The zero-order chi connectivity index (χ0) is 50.4. The van der Waals surface area contributed by atoms with Crippen molar-refractivity contribution < 1.29 is 38.4 Å². The summed E-state index contributed by atoms with van der Waals surface area (Å²) in [6, 6.07) is 11.1. The van der Waals surface area contributed by atoms with Crippen LogP contribution in [0.5, 0.6) is 0 Å². The Hall–Kier alpha value is -7.24. The number of hydrogen-bond donors (Lipinski definition) is 13. The Kier molecular flexibility index (Phi) is 25.8. The van der Waals surface area contributed by atoms with Gasteiger partial charge in [0.25, 0.3) is 0 Å². The fourth-order valence-corrected chi connectivity index (χ4v) is 7.07. The Bertz CT molecular complexity index is 2090. The van der Waals surface area contributed by atoms with Crippen LogP contribution in [0.4, 0.5) is 0 Å². The number of aromatic amines is 1. The van der Waals surface area contributed by atoms with Crippen LogP contribution in [-0.2, 0) is 57.6 Å². The molecule has 0 aliphatic carbocycles. The summed E-state index contributed by atoms with van der Waals surface area (Å²) in [5, 5.41) is 18.6. The minimum atomic E-state index is -1.26. The summed E-state index contributed by atoms with van der Waals surface area (Å²) in [7, 11) is 0. The van der Waals surface area contributed by atoms with Crippen molar-refractivity contribution in [1.82, 2.24) is 47.2 Å². The number of rotatable bonds is 33. The van der Waals surface area contributed by atoms with E-state index >= 15 is 0 Å². The molecule has 69 heavy (non-hydrogen) atoms. The molecule has 0 fully saturated rings. The Balaban J connectivity index is 1.79. The number of hydrogen-bond acceptors (Lipinski definition) is 13. The Morgan fingerprint density at radius 1 is 0.580 bits per heavy atom. The number of aliphatic imine (C=N–C) groups is 1. The van der Waals surface area contributed by atoms with Crippen molar-refractivity contribution in [1.29, 1.82) is 0 Å². The van der Waals surface area contributed by atoms with Gasteiger partial charge in [-0.15, -0.1) is 0 Å². The van der Waals surface area contributed by atoms with E-state index < -0.39 is 84.1 Å². The van der Waals surface area contributed by atoms with Crippen molar-refractivity contribution in [3.05, 3.63) is 90.0 Å². The number of amides is 7. The van der Waals surface area contributed by atoms with Gasteiger partial charge in [0.2, 0.25) is 41.4 Å². The lowest BCUT2D eigenvalue weighted by atomic mass is 10.0. The second kappa shape index (κ2) is 31.7. The molecule has 18 N–H and O–H groups in total. The van der Waals surface area contributed by atoms with Gasteiger partial charge in [0, 0.05) is 31.3 Å². The van der Waals surface area contributed by atoms with Crippen molar-refractivity contribution in [3.63, 3.8) is 0 Å². The molecule has 1 aromatic heterocycles. The van der Waals surface area contributed by atoms with Crippen molar-refractivity contribution >= 4 is 53.6 Å². The van der Waals surface area contributed by atoms with Gasteiger partial charge in [-0.2, -0.15) is 0 Å². The molecule has 3 aromatic rings. The number of benzene rings is 2. The number of nitrogens with one attached hydrogen (secondary N) is 8. The summed E-state index contributed by atoms with van der Waals surface area (Å²) in [6.07, 6.45) is 6.27. The summed E-state index contributed by atoms with van der Waals surface area (Å²) >= 11 is 0. The number of unbranched alkanes of at least 4 members (excludes halogenated alkanes) is 2. The molecule has 6 atom stereocenters. The second-order valence-corrected chi connectivity index (χ2v) is 16.3. The number of aldehydes is 1. The molecule has 376 valence electrons. The monoisotopic (exact) mass is 960 g/mol. The highest BCUT2D eigenvalue weighted by atomic mass is 16.2. The van der Waals surface area contributed by atoms with Gasteiger partial charge in [-0.05, 0) is 82.0 Å². The number of nitrogens with zero attached hydrogens (tertiary/aromatic N) is 2. The molecule has 3 rings (SSSR count). The predicted octanol–water partition coefficient (Wildman–Crippen LogP) is -3.07. The minimum Gasteiger partial charge on any atom is -0.370 e. The van der Waals surface area contributed by atoms with E-state index in [1.165, 1.54) is 12.5 Å². The zero-order valence-electron chi connectivity index (χ0n) is 38.8. The predicted molar refractivity (Wildman–Crippen MR) is 258 cm³/mol. The van der Waals surface area contributed by atoms with E-state index in [4.69, 9.17) is 28.7 Å². The highest BCUT2D eigenvalue weighted by Gasteiger charge is 2.32. The first-order valence-electron chi connectivity index (χ1n) is 23.0. The SMILES string of the molecule is NCCCC[C@H](NC(=O)[C@H](CCCN=C(N)N)NC(=O)CNC(=O)[C@H](Cc1ccccc1)NC(=O)[C@H](CCCCN)NC(=O)[C@H](Cc1cnc[nH]1)NC(=O)CN)C(=O)N[C@H](C=O)Cc1ccccc1. The standard InChI is InChI=1S/C46H69N15O8/c47-19-9-7-16-35(42(66)56-33(28-62)22-30-12-3-1-4-13-30)59-43(67)34(18-11-21-53-46(50)51)57-40(64)27-54-41(65)37(23-31-14-5-2-6-15-31)61-44(68)36(17-8-10-20-48)60-45(69)38(58-39(63)25-49)24-32-26-52-29-55-32/h1-6,12-15,26,28-29,33-38H,7-11,16-25,27,47-49H2,(H,52,55)(H,54,65)(H,56,66)(H,57,64)(H,58,63)(H,59,67)(H,60,69)(H,61,68)(H4,50,51,53)/t33-,34-,35-,36-,37-,38-/m0/s1. The van der Waals surface area contributed by atoms with E-state index in [0.717, 1.165) is 5.56 Å². The van der Waals surface area contributed by atoms with E-state index in [9.17, 15) is 38.4 Å². The molecule has 0 bridgehead atoms. The van der Waals surface area contributed by atoms with Crippen LogP contribution in [-0.4, -0.2) is 133 Å². The van der Waals surface area contributed by atoms with Crippen LogP contribution < -0.4 is 65.9 Å². The molecule has 0 unspecified atom stereocenters. The molecule has 0 spiro atoms. The highest BCUT2D eigenvalue weighted by Crippen LogP contribution is 2.10. The first-order chi connectivity index (χ1) is 33.3. The van der Waals surface area contributed by atoms with Gasteiger partial charge >= 0.3 is 0 Å². The van der Waals surface area contributed by atoms with Crippen LogP contribution in [0.1, 0.15) is 68.2 Å². The lowest BCUT2D eigenvalue weighted by Crippen LogP contribution is -2.58. The number of H-pyrrole nitrogens is 1. The maximum atomic E-state index is 14.0. The fraction of sp³-hybridized carbons (Fsp3) is 0.478. The first-order valence-corrected chi connectivity index (χ1v) is 23.0. The van der Waals surface area contributed by atoms with Crippen molar-refractivity contribution in [2.75, 3.05) is 32.7 Å². The summed E-state index contributed by atoms with van der Waals surface area (Å²) in [5.41, 5.74) is 29.9. The molecule has 7 amide bonds. The Labute approximate surface area is 401 Å². The van der Waals surface area contributed by atoms with E-state index in [2.05, 4.69) is 52.2 Å². The van der Waals surface area contributed by atoms with E-state index in [1.54, 1.807) is 30.3 Å². The minimum absolute atomic E-state index is 0.0102. The first kappa shape index (κ1) is 56.1. The quantitative estimate of drug-likeness (QED) is 0.0125. The van der Waals surface area contributed by atoms with E-state index in [0.29, 0.717) is 56.3 Å². The zero-order valence-corrected chi connectivity index (χ0v) is 38.8. The number of nitrogens with two attached hydrogens (primary N) is 5. The van der Waals surface area contributed by atoms with E-state index in [1.807, 2.05) is 30.3 Å². The largest absolute Gasteiger partial charge is 0.370 e. The maximum absolute atomic E-state index is 14.0. The summed E-state index contributed by atoms with van der Waals surface area (Å²) in [6.45, 7) is -0.247. The summed E-state index contributed by atoms with van der Waals surface area (Å²) in [4.78, 5) is 118. The Morgan fingerprint density at radius 3 is 1.59 bits per heavy atom. The molecule has 0 aliphatic heterocycles. The van der Waals surface area contributed by atoms with Crippen molar-refractivity contribution in [2.24, 2.45) is 33.7 Å². The molecule has 0 saturated heterocycles. The normalized spacial score (nSPS) is 13.4. The van der Waals surface area contributed by atoms with Gasteiger partial charge < -0.3 is 75.7 Å². The Morgan fingerprint density at radius 2 is 1.07 bits per heavy atom. The van der Waals surface area contributed by atoms with Gasteiger partial charge in [-0.3, -0.25) is 38.6 Å². The number of guanidine groups is 1. The molecule has 0 saturated carbocycles. The number of carbonyl (C=O) groups is 8. The fourth-order valence-electron chi connectivity index (χ4n) is 7.07. The summed E-state index contributed by atoms with van der Waals surface area (Å²) in [5.74, 6) is -5.04. The number of imidazole rings is 1. The second-order valence-electron chi connectivity index (χ2n) is 16.3. The maximum Gasteiger partial charge on any atom is 0.243 e. The van der Waals surface area contributed by atoms with Crippen molar-refractivity contribution in [2.45, 2.75) is 107 Å². The lowest BCUT2D eigenvalue weighted by Gasteiger charge is -2.26. The molecule has 0 radical (unpaired) electrons. The molecule has 1 heterocycles. The van der Waals surface area contributed by atoms with Crippen LogP contribution in [0.3, 0.4) is 0 Å². The van der Waals surface area contributed by atoms with Gasteiger partial charge in [-0.25, -0.2) is 4.98 Å². The van der Waals surface area contributed by atoms with Gasteiger partial charge in [0.15, 0.2) is 5.96 Å². The van der Waals surface area contributed by atoms with Crippen LogP contribution >= 0.6 is 0 Å². The number of aromatic nitrogens is 2. The van der Waals surface area contributed by atoms with Gasteiger partial charge in [0.05, 0.1) is 25.5 Å². The molecule has 23 nitrogen and oxygen atoms in total. The van der Waals surface area contributed by atoms with Gasteiger partial charge in [0.1, 0.15) is 36.5 Å². The topological polar surface area (TPSA) is 392 Å². The average molecular weight is 960 g/mol. The van der Waals surface area contributed by atoms with E-state index in [-0.39, 0.29) is 64.0 Å². The average Bonchev–Trinajstić information content (AvgIpc) is 3.86. The van der Waals surface area contributed by atoms with Gasteiger partial charge in [-0.1, -0.05) is 60.7 Å². The van der Waals surface area contributed by atoms with Crippen LogP contribution in [0.2, 0.25) is 0 Å². The molecular weight excluding hydrogens is 891 g/mol. The van der Waals surface area contributed by atoms with Crippen LogP contribution in [0, 0.1) is 0 Å². The van der Waals surface area contributed by atoms with Crippen LogP contribution in [0.25, 0.3) is 0 Å². The molecule has 2 aromatic carbocycles. The highest BCUT2D eigenvalue weighted by molar-refractivity contribution is 5.96. The third-order valence-electron chi connectivity index (χ3n) is 10.7. The lowest BCUT2D eigenvalue weighted by molar-refractivity contribution is -0.134.